The highest BCUT2D eigenvalue weighted by molar-refractivity contribution is 9.11. The lowest BCUT2D eigenvalue weighted by molar-refractivity contribution is 0.0733. The summed E-state index contributed by atoms with van der Waals surface area (Å²) in [5.41, 5.74) is 6.52. The normalized spacial score (nSPS) is 17.4. The summed E-state index contributed by atoms with van der Waals surface area (Å²) in [5, 5.41) is 0. The molecule has 106 valence electrons. The molecule has 1 heterocycles. The van der Waals surface area contributed by atoms with Gasteiger partial charge < -0.3 is 10.5 Å². The quantitative estimate of drug-likeness (QED) is 0.738. The third kappa shape index (κ3) is 3.60. The van der Waals surface area contributed by atoms with Gasteiger partial charge in [0.1, 0.15) is 0 Å². The van der Waals surface area contributed by atoms with Crippen LogP contribution in [0.15, 0.2) is 21.1 Å². The Morgan fingerprint density at radius 1 is 1.26 bits per heavy atom. The van der Waals surface area contributed by atoms with Gasteiger partial charge in [0.15, 0.2) is 0 Å². The van der Waals surface area contributed by atoms with Gasteiger partial charge in [-0.2, -0.15) is 12.7 Å². The Kier molecular flexibility index (Phi) is 4.72. The molecular formula is C10H13Br2N3O3S. The minimum Gasteiger partial charge on any atom is -0.397 e. The minimum atomic E-state index is -3.62. The topological polar surface area (TPSA) is 84.7 Å². The lowest BCUT2D eigenvalue weighted by atomic mass is 10.3. The molecule has 0 aliphatic carbocycles. The number of nitrogens with one attached hydrogen (secondary N) is 1. The lowest BCUT2D eigenvalue weighted by Gasteiger charge is -2.26. The third-order valence-electron chi connectivity index (χ3n) is 2.63. The number of morpholine rings is 1. The highest BCUT2D eigenvalue weighted by Crippen LogP contribution is 2.33. The Hall–Kier alpha value is -0.350. The molecule has 0 radical (unpaired) electrons. The summed E-state index contributed by atoms with van der Waals surface area (Å²) in [7, 11) is -3.62. The van der Waals surface area contributed by atoms with Gasteiger partial charge in [-0.15, -0.1) is 0 Å². The highest BCUT2D eigenvalue weighted by Gasteiger charge is 2.25. The summed E-state index contributed by atoms with van der Waals surface area (Å²) in [4.78, 5) is 0. The second-order valence-corrected chi connectivity index (χ2v) is 7.41. The molecule has 0 spiro atoms. The Morgan fingerprint density at radius 3 is 2.47 bits per heavy atom. The number of ether oxygens (including phenoxy) is 1. The molecule has 3 N–H and O–H groups in total. The molecule has 0 amide bonds. The van der Waals surface area contributed by atoms with E-state index in [1.54, 1.807) is 12.1 Å². The van der Waals surface area contributed by atoms with Gasteiger partial charge in [-0.3, -0.25) is 4.72 Å². The van der Waals surface area contributed by atoms with Crippen LogP contribution in [0, 0.1) is 0 Å². The van der Waals surface area contributed by atoms with Gasteiger partial charge in [-0.25, -0.2) is 0 Å². The SMILES string of the molecule is Nc1cc(Br)cc(Br)c1NS(=O)(=O)N1CCOCC1. The van der Waals surface area contributed by atoms with Crippen LogP contribution < -0.4 is 10.5 Å². The second-order valence-electron chi connectivity index (χ2n) is 3.97. The second kappa shape index (κ2) is 5.96. The molecule has 1 aliphatic heterocycles. The number of halogens is 2. The van der Waals surface area contributed by atoms with E-state index in [9.17, 15) is 8.42 Å². The van der Waals surface area contributed by atoms with E-state index in [2.05, 4.69) is 36.6 Å². The fourth-order valence-electron chi connectivity index (χ4n) is 1.68. The van der Waals surface area contributed by atoms with Crippen molar-refractivity contribution in [2.45, 2.75) is 0 Å². The van der Waals surface area contributed by atoms with Crippen molar-refractivity contribution >= 4 is 53.4 Å². The standard InChI is InChI=1S/C10H13Br2N3O3S/c11-7-5-8(12)10(9(13)6-7)14-19(16,17)15-1-3-18-4-2-15/h5-6,14H,1-4,13H2. The zero-order valence-electron chi connectivity index (χ0n) is 9.90. The van der Waals surface area contributed by atoms with Gasteiger partial charge in [0.25, 0.3) is 0 Å². The number of benzene rings is 1. The average Bonchev–Trinajstić information content (AvgIpc) is 2.35. The average molecular weight is 415 g/mol. The van der Waals surface area contributed by atoms with Crippen LogP contribution in [0.2, 0.25) is 0 Å². The Balaban J connectivity index is 2.25. The third-order valence-corrected chi connectivity index (χ3v) is 5.22. The number of nitrogens with zero attached hydrogens (tertiary/aromatic N) is 1. The maximum atomic E-state index is 12.2. The molecule has 0 atom stereocenters. The molecule has 0 saturated carbocycles. The molecule has 0 aromatic heterocycles. The van der Waals surface area contributed by atoms with Gasteiger partial charge >= 0.3 is 10.2 Å². The van der Waals surface area contributed by atoms with Crippen molar-refractivity contribution in [1.82, 2.24) is 4.31 Å². The largest absolute Gasteiger partial charge is 0.397 e. The summed E-state index contributed by atoms with van der Waals surface area (Å²) < 4.78 is 34.8. The van der Waals surface area contributed by atoms with Gasteiger partial charge in [0.2, 0.25) is 0 Å². The predicted octanol–water partition coefficient (Wildman–Crippen LogP) is 1.78. The summed E-state index contributed by atoms with van der Waals surface area (Å²) >= 11 is 6.58. The fraction of sp³-hybridized carbons (Fsp3) is 0.400. The van der Waals surface area contributed by atoms with Crippen molar-refractivity contribution in [2.75, 3.05) is 36.8 Å². The summed E-state index contributed by atoms with van der Waals surface area (Å²) in [6.45, 7) is 1.47. The van der Waals surface area contributed by atoms with Crippen LogP contribution >= 0.6 is 31.9 Å². The smallest absolute Gasteiger partial charge is 0.301 e. The molecule has 1 saturated heterocycles. The van der Waals surface area contributed by atoms with Gasteiger partial charge in [-0.1, -0.05) is 15.9 Å². The highest BCUT2D eigenvalue weighted by atomic mass is 79.9. The zero-order valence-corrected chi connectivity index (χ0v) is 13.9. The lowest BCUT2D eigenvalue weighted by Crippen LogP contribution is -2.43. The first-order chi connectivity index (χ1) is 8.90. The maximum absolute atomic E-state index is 12.2. The molecule has 6 nitrogen and oxygen atoms in total. The first kappa shape index (κ1) is 15.0. The van der Waals surface area contributed by atoms with Crippen LogP contribution in [0.1, 0.15) is 0 Å². The molecule has 0 unspecified atom stereocenters. The molecule has 0 bridgehead atoms. The van der Waals surface area contributed by atoms with E-state index in [0.717, 1.165) is 4.47 Å². The van der Waals surface area contributed by atoms with Crippen molar-refractivity contribution < 1.29 is 13.2 Å². The first-order valence-corrected chi connectivity index (χ1v) is 8.53. The van der Waals surface area contributed by atoms with E-state index >= 15 is 0 Å². The van der Waals surface area contributed by atoms with Crippen LogP contribution in [0.25, 0.3) is 0 Å². The van der Waals surface area contributed by atoms with E-state index in [0.29, 0.717) is 42.2 Å². The predicted molar refractivity (Wildman–Crippen MR) is 81.2 cm³/mol. The fourth-order valence-corrected chi connectivity index (χ4v) is 4.41. The first-order valence-electron chi connectivity index (χ1n) is 5.50. The van der Waals surface area contributed by atoms with Crippen LogP contribution in [0.3, 0.4) is 0 Å². The monoisotopic (exact) mass is 413 g/mol. The number of hydrogen-bond donors (Lipinski definition) is 2. The van der Waals surface area contributed by atoms with E-state index < -0.39 is 10.2 Å². The van der Waals surface area contributed by atoms with Gasteiger partial charge in [-0.05, 0) is 28.1 Å². The van der Waals surface area contributed by atoms with Crippen molar-refractivity contribution in [2.24, 2.45) is 0 Å². The van der Waals surface area contributed by atoms with Gasteiger partial charge in [0, 0.05) is 22.0 Å². The maximum Gasteiger partial charge on any atom is 0.301 e. The molecule has 1 fully saturated rings. The number of nitrogen functional groups attached to an aromatic ring is 1. The minimum absolute atomic E-state index is 0.337. The summed E-state index contributed by atoms with van der Waals surface area (Å²) in [6, 6.07) is 3.37. The molecule has 1 aromatic carbocycles. The van der Waals surface area contributed by atoms with Crippen LogP contribution in [0.4, 0.5) is 11.4 Å². The number of hydrogen-bond acceptors (Lipinski definition) is 4. The van der Waals surface area contributed by atoms with Gasteiger partial charge in [0.05, 0.1) is 24.6 Å². The van der Waals surface area contributed by atoms with Crippen LogP contribution in [-0.4, -0.2) is 39.0 Å². The van der Waals surface area contributed by atoms with Crippen LogP contribution in [0.5, 0.6) is 0 Å². The molecule has 1 aromatic rings. The van der Waals surface area contributed by atoms with E-state index in [1.165, 1.54) is 4.31 Å². The van der Waals surface area contributed by atoms with E-state index in [1.807, 2.05) is 0 Å². The van der Waals surface area contributed by atoms with E-state index in [-0.39, 0.29) is 0 Å². The summed E-state index contributed by atoms with van der Waals surface area (Å²) in [6.07, 6.45) is 0. The molecule has 9 heteroatoms. The van der Waals surface area contributed by atoms with Crippen molar-refractivity contribution in [1.29, 1.82) is 0 Å². The molecular weight excluding hydrogens is 402 g/mol. The molecule has 19 heavy (non-hydrogen) atoms. The zero-order chi connectivity index (χ0) is 14.0. The number of rotatable bonds is 3. The Bertz CT molecular complexity index is 550. The Labute approximate surface area is 128 Å². The van der Waals surface area contributed by atoms with Crippen molar-refractivity contribution in [3.63, 3.8) is 0 Å². The molecule has 2 rings (SSSR count). The van der Waals surface area contributed by atoms with E-state index in [4.69, 9.17) is 10.5 Å². The molecule has 1 aliphatic rings. The summed E-state index contributed by atoms with van der Waals surface area (Å²) in [5.74, 6) is 0. The Morgan fingerprint density at radius 2 is 1.89 bits per heavy atom. The number of nitrogens with two attached hydrogens (primary N) is 1. The van der Waals surface area contributed by atoms with Crippen molar-refractivity contribution in [3.8, 4) is 0 Å². The van der Waals surface area contributed by atoms with Crippen molar-refractivity contribution in [3.05, 3.63) is 21.1 Å². The van der Waals surface area contributed by atoms with Crippen LogP contribution in [-0.2, 0) is 14.9 Å². The number of anilines is 2.